The summed E-state index contributed by atoms with van der Waals surface area (Å²) in [6, 6.07) is 0. The zero-order valence-corrected chi connectivity index (χ0v) is 8.16. The van der Waals surface area contributed by atoms with Crippen LogP contribution in [-0.2, 0) is 0 Å². The fourth-order valence-corrected chi connectivity index (χ4v) is 1.34. The third-order valence-electron chi connectivity index (χ3n) is 1.49. The van der Waals surface area contributed by atoms with Crippen molar-refractivity contribution in [2.75, 3.05) is 5.75 Å². The van der Waals surface area contributed by atoms with Crippen LogP contribution in [0.3, 0.4) is 0 Å². The molecule has 10 heavy (non-hydrogen) atoms. The molecule has 0 aliphatic carbocycles. The van der Waals surface area contributed by atoms with Crippen LogP contribution >= 0.6 is 11.8 Å². The van der Waals surface area contributed by atoms with Crippen LogP contribution in [-0.4, -0.2) is 21.7 Å². The first kappa shape index (κ1) is 10.3. The summed E-state index contributed by atoms with van der Waals surface area (Å²) >= 11 is 1.81. The first-order chi connectivity index (χ1) is 4.48. The molecule has 0 amide bonds. The van der Waals surface area contributed by atoms with E-state index in [2.05, 4.69) is 13.8 Å². The van der Waals surface area contributed by atoms with Gasteiger partial charge < -0.3 is 5.11 Å². The van der Waals surface area contributed by atoms with Crippen LogP contribution < -0.4 is 0 Å². The Hall–Kier alpha value is 0.310. The number of hydrogen-bond donors (Lipinski definition) is 1. The van der Waals surface area contributed by atoms with Crippen molar-refractivity contribution in [2.24, 2.45) is 0 Å². The molecule has 0 aliphatic rings. The zero-order chi connectivity index (χ0) is 8.20. The zero-order valence-electron chi connectivity index (χ0n) is 7.35. The van der Waals surface area contributed by atoms with Gasteiger partial charge in [-0.3, -0.25) is 0 Å². The summed E-state index contributed by atoms with van der Waals surface area (Å²) in [7, 11) is 0. The minimum atomic E-state index is -0.463. The molecule has 0 spiro atoms. The summed E-state index contributed by atoms with van der Waals surface area (Å²) in [5.74, 6) is 0.848. The second kappa shape index (κ2) is 4.24. The van der Waals surface area contributed by atoms with E-state index in [1.165, 1.54) is 0 Å². The number of hydrogen-bond acceptors (Lipinski definition) is 2. The topological polar surface area (TPSA) is 20.2 Å². The van der Waals surface area contributed by atoms with Crippen LogP contribution in [0.1, 0.15) is 34.1 Å². The molecular formula is C8H18OS. The minimum absolute atomic E-state index is 0.463. The van der Waals surface area contributed by atoms with Gasteiger partial charge in [-0.25, -0.2) is 0 Å². The first-order valence-corrected chi connectivity index (χ1v) is 4.87. The molecule has 0 saturated heterocycles. The molecule has 1 nitrogen and oxygen atoms in total. The van der Waals surface area contributed by atoms with Gasteiger partial charge in [-0.15, -0.1) is 0 Å². The van der Waals surface area contributed by atoms with E-state index in [0.717, 1.165) is 12.2 Å². The van der Waals surface area contributed by atoms with E-state index in [4.69, 9.17) is 0 Å². The van der Waals surface area contributed by atoms with Crippen LogP contribution in [0.15, 0.2) is 0 Å². The fraction of sp³-hybridized carbons (Fsp3) is 1.00. The lowest BCUT2D eigenvalue weighted by atomic mass is 10.1. The monoisotopic (exact) mass is 162 g/mol. The SMILES string of the molecule is CCC(C)(O)CSC(C)C. The molecule has 0 radical (unpaired) electrons. The Labute approximate surface area is 68.2 Å². The lowest BCUT2D eigenvalue weighted by Gasteiger charge is -2.21. The number of rotatable bonds is 4. The molecule has 2 heteroatoms. The molecule has 1 unspecified atom stereocenters. The van der Waals surface area contributed by atoms with Crippen LogP contribution in [0.4, 0.5) is 0 Å². The molecule has 0 aromatic carbocycles. The first-order valence-electron chi connectivity index (χ1n) is 3.82. The van der Waals surface area contributed by atoms with Crippen molar-refractivity contribution in [2.45, 2.75) is 45.0 Å². The Bertz CT molecular complexity index is 89.3. The lowest BCUT2D eigenvalue weighted by Crippen LogP contribution is -2.26. The van der Waals surface area contributed by atoms with Gasteiger partial charge in [0.25, 0.3) is 0 Å². The smallest absolute Gasteiger partial charge is 0.0707 e. The molecule has 0 bridgehead atoms. The Morgan fingerprint density at radius 1 is 1.50 bits per heavy atom. The molecular weight excluding hydrogens is 144 g/mol. The summed E-state index contributed by atoms with van der Waals surface area (Å²) in [6.07, 6.45) is 0.840. The van der Waals surface area contributed by atoms with Crippen LogP contribution in [0, 0.1) is 0 Å². The van der Waals surface area contributed by atoms with Gasteiger partial charge in [0.1, 0.15) is 0 Å². The van der Waals surface area contributed by atoms with E-state index in [0.29, 0.717) is 5.25 Å². The maximum Gasteiger partial charge on any atom is 0.0707 e. The average molecular weight is 162 g/mol. The van der Waals surface area contributed by atoms with E-state index in [9.17, 15) is 5.11 Å². The molecule has 62 valence electrons. The quantitative estimate of drug-likeness (QED) is 0.684. The van der Waals surface area contributed by atoms with Gasteiger partial charge >= 0.3 is 0 Å². The summed E-state index contributed by atoms with van der Waals surface area (Å²) in [6.45, 7) is 8.20. The second-order valence-electron chi connectivity index (χ2n) is 3.21. The molecule has 1 atom stereocenters. The van der Waals surface area contributed by atoms with Gasteiger partial charge in [-0.05, 0) is 18.6 Å². The van der Waals surface area contributed by atoms with Crippen LogP contribution in [0.25, 0.3) is 0 Å². The van der Waals surface area contributed by atoms with Gasteiger partial charge in [0.05, 0.1) is 5.60 Å². The van der Waals surface area contributed by atoms with Gasteiger partial charge in [-0.2, -0.15) is 11.8 Å². The molecule has 0 aromatic heterocycles. The van der Waals surface area contributed by atoms with E-state index in [1.54, 1.807) is 0 Å². The van der Waals surface area contributed by atoms with Crippen molar-refractivity contribution in [3.63, 3.8) is 0 Å². The normalized spacial score (nSPS) is 17.4. The van der Waals surface area contributed by atoms with E-state index < -0.39 is 5.60 Å². The highest BCUT2D eigenvalue weighted by atomic mass is 32.2. The molecule has 0 saturated carbocycles. The minimum Gasteiger partial charge on any atom is -0.389 e. The molecule has 0 aliphatic heterocycles. The highest BCUT2D eigenvalue weighted by Gasteiger charge is 2.17. The van der Waals surface area contributed by atoms with E-state index in [-0.39, 0.29) is 0 Å². The largest absolute Gasteiger partial charge is 0.389 e. The van der Waals surface area contributed by atoms with Crippen molar-refractivity contribution < 1.29 is 5.11 Å². The Morgan fingerprint density at radius 2 is 2.00 bits per heavy atom. The predicted molar refractivity (Wildman–Crippen MR) is 48.5 cm³/mol. The Balaban J connectivity index is 3.46. The molecule has 1 N–H and O–H groups in total. The van der Waals surface area contributed by atoms with Crippen molar-refractivity contribution in [3.05, 3.63) is 0 Å². The maximum atomic E-state index is 9.55. The molecule has 0 aromatic rings. The summed E-state index contributed by atoms with van der Waals surface area (Å²) in [4.78, 5) is 0. The summed E-state index contributed by atoms with van der Waals surface area (Å²) < 4.78 is 0. The Kier molecular flexibility index (Phi) is 4.37. The van der Waals surface area contributed by atoms with E-state index in [1.807, 2.05) is 25.6 Å². The van der Waals surface area contributed by atoms with Crippen molar-refractivity contribution >= 4 is 11.8 Å². The lowest BCUT2D eigenvalue weighted by molar-refractivity contribution is 0.0815. The van der Waals surface area contributed by atoms with Crippen molar-refractivity contribution in [1.29, 1.82) is 0 Å². The van der Waals surface area contributed by atoms with Gasteiger partial charge in [-0.1, -0.05) is 20.8 Å². The fourth-order valence-electron chi connectivity index (χ4n) is 0.448. The highest BCUT2D eigenvalue weighted by molar-refractivity contribution is 7.99. The molecule has 0 fully saturated rings. The van der Waals surface area contributed by atoms with Crippen LogP contribution in [0.5, 0.6) is 0 Å². The maximum absolute atomic E-state index is 9.55. The third kappa shape index (κ3) is 5.12. The van der Waals surface area contributed by atoms with Crippen LogP contribution in [0.2, 0.25) is 0 Å². The van der Waals surface area contributed by atoms with Gasteiger partial charge in [0.15, 0.2) is 0 Å². The molecule has 0 heterocycles. The van der Waals surface area contributed by atoms with E-state index >= 15 is 0 Å². The van der Waals surface area contributed by atoms with Crippen molar-refractivity contribution in [3.8, 4) is 0 Å². The van der Waals surface area contributed by atoms with Crippen molar-refractivity contribution in [1.82, 2.24) is 0 Å². The van der Waals surface area contributed by atoms with Gasteiger partial charge in [0.2, 0.25) is 0 Å². The predicted octanol–water partition coefficient (Wildman–Crippen LogP) is 2.29. The third-order valence-corrected chi connectivity index (χ3v) is 2.94. The number of thioether (sulfide) groups is 1. The van der Waals surface area contributed by atoms with Gasteiger partial charge in [0, 0.05) is 5.75 Å². The number of aliphatic hydroxyl groups is 1. The summed E-state index contributed by atoms with van der Waals surface area (Å²) in [5, 5.41) is 10.2. The average Bonchev–Trinajstić information content (AvgIpc) is 1.85. The molecule has 0 rings (SSSR count). The summed E-state index contributed by atoms with van der Waals surface area (Å²) in [5.41, 5.74) is -0.463. The highest BCUT2D eigenvalue weighted by Crippen LogP contribution is 2.19. The Morgan fingerprint density at radius 3 is 2.30 bits per heavy atom. The second-order valence-corrected chi connectivity index (χ2v) is 4.78. The standard InChI is InChI=1S/C8H18OS/c1-5-8(4,9)6-10-7(2)3/h7,9H,5-6H2,1-4H3.